The van der Waals surface area contributed by atoms with Gasteiger partial charge in [0, 0.05) is 23.4 Å². The van der Waals surface area contributed by atoms with Crippen LogP contribution in [-0.2, 0) is 4.79 Å². The molecule has 1 aliphatic carbocycles. The van der Waals surface area contributed by atoms with E-state index in [1.54, 1.807) is 6.07 Å². The molecule has 6 nitrogen and oxygen atoms in total. The van der Waals surface area contributed by atoms with E-state index in [0.29, 0.717) is 29.3 Å². The topological polar surface area (TPSA) is 95.5 Å². The van der Waals surface area contributed by atoms with E-state index in [1.807, 2.05) is 19.1 Å². The van der Waals surface area contributed by atoms with Gasteiger partial charge < -0.3 is 15.7 Å². The number of hydrogen-bond donors (Lipinski definition) is 3. The first-order chi connectivity index (χ1) is 14.4. The first kappa shape index (κ1) is 21.6. The molecule has 0 radical (unpaired) electrons. The smallest absolute Gasteiger partial charge is 0.335 e. The van der Waals surface area contributed by atoms with Crippen molar-refractivity contribution in [2.24, 2.45) is 5.92 Å². The van der Waals surface area contributed by atoms with Crippen LogP contribution < -0.4 is 10.6 Å². The lowest BCUT2D eigenvalue weighted by atomic mass is 9.86. The van der Waals surface area contributed by atoms with E-state index in [2.05, 4.69) is 10.6 Å². The van der Waals surface area contributed by atoms with Gasteiger partial charge in [-0.15, -0.1) is 0 Å². The summed E-state index contributed by atoms with van der Waals surface area (Å²) in [4.78, 5) is 35.8. The summed E-state index contributed by atoms with van der Waals surface area (Å²) in [6.45, 7) is 1.87. The number of amides is 2. The Morgan fingerprint density at radius 2 is 1.60 bits per heavy atom. The molecule has 2 aromatic rings. The van der Waals surface area contributed by atoms with Gasteiger partial charge in [-0.25, -0.2) is 4.79 Å². The molecule has 0 atom stereocenters. The van der Waals surface area contributed by atoms with Gasteiger partial charge in [-0.3, -0.25) is 9.59 Å². The van der Waals surface area contributed by atoms with Crippen LogP contribution in [-0.4, -0.2) is 22.9 Å². The highest BCUT2D eigenvalue weighted by Crippen LogP contribution is 2.27. The van der Waals surface area contributed by atoms with Crippen molar-refractivity contribution in [2.75, 3.05) is 10.6 Å². The normalized spacial score (nSPS) is 14.2. The first-order valence-electron chi connectivity index (χ1n) is 10.5. The second-order valence-electron chi connectivity index (χ2n) is 7.96. The average Bonchev–Trinajstić information content (AvgIpc) is 2.75. The van der Waals surface area contributed by atoms with Crippen molar-refractivity contribution >= 4 is 29.2 Å². The lowest BCUT2D eigenvalue weighted by molar-refractivity contribution is -0.116. The molecule has 3 N–H and O–H groups in total. The van der Waals surface area contributed by atoms with Crippen LogP contribution in [0.15, 0.2) is 42.5 Å². The number of carbonyl (C=O) groups excluding carboxylic acids is 2. The summed E-state index contributed by atoms with van der Waals surface area (Å²) in [5.41, 5.74) is 2.60. The Bertz CT molecular complexity index is 915. The molecule has 0 unspecified atom stereocenters. The van der Waals surface area contributed by atoms with Crippen molar-refractivity contribution in [3.05, 3.63) is 59.2 Å². The van der Waals surface area contributed by atoms with Crippen molar-refractivity contribution in [1.29, 1.82) is 0 Å². The van der Waals surface area contributed by atoms with Gasteiger partial charge in [-0.1, -0.05) is 38.2 Å². The third-order valence-electron chi connectivity index (χ3n) is 5.67. The third-order valence-corrected chi connectivity index (χ3v) is 5.67. The van der Waals surface area contributed by atoms with Crippen molar-refractivity contribution in [3.8, 4) is 0 Å². The number of carbonyl (C=O) groups is 3. The fraction of sp³-hybridized carbons (Fsp3) is 0.375. The molecule has 0 heterocycles. The standard InChI is InChI=1S/C24H28N2O4/c1-16-7-13-20(25-22(27)14-8-17-5-3-2-4-6-17)15-21(16)26-23(28)18-9-11-19(12-10-18)24(29)30/h7,9-13,15,17H,2-6,8,14H2,1H3,(H,25,27)(H,26,28)(H,29,30). The molecule has 6 heteroatoms. The summed E-state index contributed by atoms with van der Waals surface area (Å²) in [6.07, 6.45) is 7.73. The van der Waals surface area contributed by atoms with Gasteiger partial charge in [-0.2, -0.15) is 0 Å². The number of aryl methyl sites for hydroxylation is 1. The van der Waals surface area contributed by atoms with Crippen LogP contribution in [0.25, 0.3) is 0 Å². The van der Waals surface area contributed by atoms with E-state index >= 15 is 0 Å². The quantitative estimate of drug-likeness (QED) is 0.583. The number of carboxylic acid groups (broad SMARTS) is 1. The maximum atomic E-state index is 12.5. The number of rotatable bonds is 7. The van der Waals surface area contributed by atoms with Gasteiger partial charge in [0.25, 0.3) is 5.91 Å². The lowest BCUT2D eigenvalue weighted by Crippen LogP contribution is -2.16. The van der Waals surface area contributed by atoms with Crippen LogP contribution >= 0.6 is 0 Å². The van der Waals surface area contributed by atoms with Crippen molar-refractivity contribution < 1.29 is 19.5 Å². The molecule has 1 aliphatic rings. The molecular weight excluding hydrogens is 380 g/mol. The molecule has 1 fully saturated rings. The zero-order chi connectivity index (χ0) is 21.5. The number of carboxylic acids is 1. The average molecular weight is 408 g/mol. The molecule has 30 heavy (non-hydrogen) atoms. The van der Waals surface area contributed by atoms with Crippen molar-refractivity contribution in [1.82, 2.24) is 0 Å². The highest BCUT2D eigenvalue weighted by molar-refractivity contribution is 6.05. The Labute approximate surface area is 176 Å². The maximum absolute atomic E-state index is 12.5. The molecule has 0 bridgehead atoms. The molecule has 0 spiro atoms. The minimum Gasteiger partial charge on any atom is -0.478 e. The fourth-order valence-electron chi connectivity index (χ4n) is 3.83. The maximum Gasteiger partial charge on any atom is 0.335 e. The molecule has 0 aromatic heterocycles. The predicted octanol–water partition coefficient (Wildman–Crippen LogP) is 5.24. The van der Waals surface area contributed by atoms with Gasteiger partial charge in [0.15, 0.2) is 0 Å². The van der Waals surface area contributed by atoms with Gasteiger partial charge >= 0.3 is 5.97 Å². The molecule has 1 saturated carbocycles. The SMILES string of the molecule is Cc1ccc(NC(=O)CCC2CCCCC2)cc1NC(=O)c1ccc(C(=O)O)cc1. The van der Waals surface area contributed by atoms with Gasteiger partial charge in [0.2, 0.25) is 5.91 Å². The number of nitrogens with one attached hydrogen (secondary N) is 2. The van der Waals surface area contributed by atoms with Crippen LogP contribution in [0.4, 0.5) is 11.4 Å². The second-order valence-corrected chi connectivity index (χ2v) is 7.96. The zero-order valence-corrected chi connectivity index (χ0v) is 17.2. The fourth-order valence-corrected chi connectivity index (χ4v) is 3.83. The second kappa shape index (κ2) is 10.1. The Morgan fingerprint density at radius 3 is 2.27 bits per heavy atom. The number of aromatic carboxylic acids is 1. The molecule has 2 amide bonds. The number of benzene rings is 2. The summed E-state index contributed by atoms with van der Waals surface area (Å²) < 4.78 is 0. The minimum absolute atomic E-state index is 0.00837. The van der Waals surface area contributed by atoms with Crippen LogP contribution in [0.1, 0.15) is 71.2 Å². The molecule has 0 saturated heterocycles. The predicted molar refractivity (Wildman–Crippen MR) is 117 cm³/mol. The van der Waals surface area contributed by atoms with Gasteiger partial charge in [0.1, 0.15) is 0 Å². The van der Waals surface area contributed by atoms with Gasteiger partial charge in [-0.05, 0) is 61.2 Å². The largest absolute Gasteiger partial charge is 0.478 e. The number of hydrogen-bond acceptors (Lipinski definition) is 3. The minimum atomic E-state index is -1.04. The summed E-state index contributed by atoms with van der Waals surface area (Å²) >= 11 is 0. The van der Waals surface area contributed by atoms with E-state index in [0.717, 1.165) is 12.0 Å². The summed E-state index contributed by atoms with van der Waals surface area (Å²) in [5, 5.41) is 14.7. The highest BCUT2D eigenvalue weighted by atomic mass is 16.4. The van der Waals surface area contributed by atoms with E-state index < -0.39 is 5.97 Å². The summed E-state index contributed by atoms with van der Waals surface area (Å²) in [7, 11) is 0. The van der Waals surface area contributed by atoms with E-state index in [1.165, 1.54) is 56.4 Å². The first-order valence-corrected chi connectivity index (χ1v) is 10.5. The van der Waals surface area contributed by atoms with Crippen LogP contribution in [0.2, 0.25) is 0 Å². The molecule has 0 aliphatic heterocycles. The van der Waals surface area contributed by atoms with Crippen LogP contribution in [0.3, 0.4) is 0 Å². The van der Waals surface area contributed by atoms with E-state index in [9.17, 15) is 14.4 Å². The monoisotopic (exact) mass is 408 g/mol. The summed E-state index contributed by atoms with van der Waals surface area (Å²) in [6, 6.07) is 11.2. The Kier molecular flexibility index (Phi) is 7.22. The molecule has 3 rings (SSSR count). The number of anilines is 2. The van der Waals surface area contributed by atoms with E-state index in [-0.39, 0.29) is 17.4 Å². The molecule has 2 aromatic carbocycles. The molecular formula is C24H28N2O4. The lowest BCUT2D eigenvalue weighted by Gasteiger charge is -2.21. The van der Waals surface area contributed by atoms with Crippen molar-refractivity contribution in [3.63, 3.8) is 0 Å². The highest BCUT2D eigenvalue weighted by Gasteiger charge is 2.15. The summed E-state index contributed by atoms with van der Waals surface area (Å²) in [5.74, 6) is -0.726. The van der Waals surface area contributed by atoms with Crippen LogP contribution in [0, 0.1) is 12.8 Å². The van der Waals surface area contributed by atoms with Crippen LogP contribution in [0.5, 0.6) is 0 Å². The zero-order valence-electron chi connectivity index (χ0n) is 17.2. The third kappa shape index (κ3) is 5.92. The van der Waals surface area contributed by atoms with Gasteiger partial charge in [0.05, 0.1) is 5.56 Å². The Balaban J connectivity index is 1.59. The Hall–Kier alpha value is -3.15. The Morgan fingerprint density at radius 1 is 0.933 bits per heavy atom. The molecule has 158 valence electrons. The van der Waals surface area contributed by atoms with E-state index in [4.69, 9.17) is 5.11 Å². The van der Waals surface area contributed by atoms with Crippen molar-refractivity contribution in [2.45, 2.75) is 51.9 Å².